The number of allylic oxidation sites excluding steroid dienone is 1. The fourth-order valence-electron chi connectivity index (χ4n) is 5.01. The Morgan fingerprint density at radius 2 is 1.63 bits per heavy atom. The lowest BCUT2D eigenvalue weighted by molar-refractivity contribution is -0.146. The highest BCUT2D eigenvalue weighted by atomic mass is 16.5. The SMILES string of the molecule is CCCCCCOC(=O)C(C#N)Cc1ccccc1C/C(=C(/C#N)C(=O)OCC(CC)CCCCC)c1ncccc1C. The molecule has 2 unspecified atom stereocenters. The molecule has 0 spiro atoms. The van der Waals surface area contributed by atoms with Crippen LogP contribution in [0, 0.1) is 41.4 Å². The van der Waals surface area contributed by atoms with E-state index >= 15 is 0 Å². The second kappa shape index (κ2) is 20.0. The topological polar surface area (TPSA) is 113 Å². The van der Waals surface area contributed by atoms with Crippen molar-refractivity contribution in [3.05, 3.63) is 70.6 Å². The maximum absolute atomic E-state index is 13.4. The zero-order valence-corrected chi connectivity index (χ0v) is 26.4. The zero-order chi connectivity index (χ0) is 31.5. The highest BCUT2D eigenvalue weighted by Crippen LogP contribution is 2.28. The lowest BCUT2D eigenvalue weighted by Crippen LogP contribution is -2.20. The number of pyridine rings is 1. The van der Waals surface area contributed by atoms with E-state index in [9.17, 15) is 20.1 Å². The Kier molecular flexibility index (Phi) is 16.4. The summed E-state index contributed by atoms with van der Waals surface area (Å²) >= 11 is 0. The maximum Gasteiger partial charge on any atom is 0.349 e. The molecule has 1 heterocycles. The van der Waals surface area contributed by atoms with Gasteiger partial charge in [-0.2, -0.15) is 10.5 Å². The number of benzene rings is 1. The molecule has 1 aromatic heterocycles. The number of nitrogens with zero attached hydrogens (tertiary/aromatic N) is 3. The number of hydrogen-bond donors (Lipinski definition) is 0. The summed E-state index contributed by atoms with van der Waals surface area (Å²) in [6.45, 7) is 8.81. The van der Waals surface area contributed by atoms with Crippen molar-refractivity contribution in [2.75, 3.05) is 13.2 Å². The number of esters is 2. The summed E-state index contributed by atoms with van der Waals surface area (Å²) in [6.07, 6.45) is 11.1. The lowest BCUT2D eigenvalue weighted by atomic mass is 9.89. The Labute approximate surface area is 257 Å². The van der Waals surface area contributed by atoms with Gasteiger partial charge in [0.05, 0.1) is 25.0 Å². The fourth-order valence-corrected chi connectivity index (χ4v) is 5.01. The van der Waals surface area contributed by atoms with Gasteiger partial charge in [-0.15, -0.1) is 0 Å². The van der Waals surface area contributed by atoms with E-state index < -0.39 is 17.9 Å². The van der Waals surface area contributed by atoms with Crippen LogP contribution in [0.15, 0.2) is 48.2 Å². The number of rotatable bonds is 19. The van der Waals surface area contributed by atoms with Crippen molar-refractivity contribution in [3.63, 3.8) is 0 Å². The van der Waals surface area contributed by atoms with Gasteiger partial charge in [0.2, 0.25) is 0 Å². The van der Waals surface area contributed by atoms with Gasteiger partial charge in [0.25, 0.3) is 0 Å². The molecule has 2 atom stereocenters. The van der Waals surface area contributed by atoms with E-state index in [1.165, 1.54) is 0 Å². The first-order valence-corrected chi connectivity index (χ1v) is 15.7. The van der Waals surface area contributed by atoms with Crippen LogP contribution in [-0.4, -0.2) is 30.1 Å². The van der Waals surface area contributed by atoms with Crippen molar-refractivity contribution in [2.24, 2.45) is 11.8 Å². The molecule has 0 aliphatic heterocycles. The second-order valence-electron chi connectivity index (χ2n) is 11.1. The molecule has 0 aliphatic rings. The third-order valence-corrected chi connectivity index (χ3v) is 7.75. The fraction of sp³-hybridized carbons (Fsp3) is 0.528. The predicted octanol–water partition coefficient (Wildman–Crippen LogP) is 7.87. The highest BCUT2D eigenvalue weighted by molar-refractivity contribution is 6.02. The molecule has 43 heavy (non-hydrogen) atoms. The minimum Gasteiger partial charge on any atom is -0.465 e. The highest BCUT2D eigenvalue weighted by Gasteiger charge is 2.25. The van der Waals surface area contributed by atoms with E-state index in [1.807, 2.05) is 43.3 Å². The molecular weight excluding hydrogens is 538 g/mol. The van der Waals surface area contributed by atoms with E-state index in [2.05, 4.69) is 37.9 Å². The van der Waals surface area contributed by atoms with Gasteiger partial charge in [0.1, 0.15) is 17.6 Å². The van der Waals surface area contributed by atoms with Crippen molar-refractivity contribution in [3.8, 4) is 12.1 Å². The van der Waals surface area contributed by atoms with Crippen molar-refractivity contribution in [1.82, 2.24) is 4.98 Å². The Balaban J connectivity index is 2.35. The van der Waals surface area contributed by atoms with Gasteiger partial charge in [0, 0.05) is 18.2 Å². The van der Waals surface area contributed by atoms with Crippen LogP contribution in [0.2, 0.25) is 0 Å². The molecule has 0 N–H and O–H groups in total. The van der Waals surface area contributed by atoms with Crippen molar-refractivity contribution >= 4 is 17.5 Å². The molecule has 2 aromatic rings. The molecular formula is C36H47N3O4. The zero-order valence-electron chi connectivity index (χ0n) is 26.4. The van der Waals surface area contributed by atoms with E-state index in [0.717, 1.165) is 74.5 Å². The number of aromatic nitrogens is 1. The smallest absolute Gasteiger partial charge is 0.349 e. The maximum atomic E-state index is 13.4. The summed E-state index contributed by atoms with van der Waals surface area (Å²) in [5, 5.41) is 20.0. The van der Waals surface area contributed by atoms with E-state index in [-0.39, 0.29) is 30.9 Å². The van der Waals surface area contributed by atoms with Crippen LogP contribution >= 0.6 is 0 Å². The van der Waals surface area contributed by atoms with Crippen LogP contribution in [0.1, 0.15) is 101 Å². The molecule has 0 radical (unpaired) electrons. The van der Waals surface area contributed by atoms with Gasteiger partial charge in [-0.1, -0.05) is 96.0 Å². The van der Waals surface area contributed by atoms with Gasteiger partial charge in [-0.05, 0) is 54.9 Å². The molecule has 1 aromatic carbocycles. The van der Waals surface area contributed by atoms with Crippen molar-refractivity contribution in [1.29, 1.82) is 10.5 Å². The second-order valence-corrected chi connectivity index (χ2v) is 11.1. The summed E-state index contributed by atoms with van der Waals surface area (Å²) in [6, 6.07) is 15.4. The molecule has 0 amide bonds. The number of unbranched alkanes of at least 4 members (excludes halogenated alkanes) is 5. The number of carbonyl (C=O) groups is 2. The number of aryl methyl sites for hydroxylation is 1. The first-order valence-electron chi connectivity index (χ1n) is 15.7. The third kappa shape index (κ3) is 11.7. The Hall–Kier alpha value is -3.97. The van der Waals surface area contributed by atoms with E-state index in [4.69, 9.17) is 9.47 Å². The summed E-state index contributed by atoms with van der Waals surface area (Å²) in [4.78, 5) is 30.6. The summed E-state index contributed by atoms with van der Waals surface area (Å²) in [5.41, 5.74) is 3.32. The molecule has 0 fully saturated rings. The number of ether oxygens (including phenoxy) is 2. The van der Waals surface area contributed by atoms with E-state index in [1.54, 1.807) is 6.20 Å². The van der Waals surface area contributed by atoms with E-state index in [0.29, 0.717) is 17.9 Å². The van der Waals surface area contributed by atoms with Crippen molar-refractivity contribution < 1.29 is 19.1 Å². The molecule has 0 aliphatic carbocycles. The van der Waals surface area contributed by atoms with Gasteiger partial charge in [0.15, 0.2) is 0 Å². The first-order chi connectivity index (χ1) is 20.9. The monoisotopic (exact) mass is 585 g/mol. The third-order valence-electron chi connectivity index (χ3n) is 7.75. The molecule has 7 nitrogen and oxygen atoms in total. The Morgan fingerprint density at radius 1 is 0.907 bits per heavy atom. The Bertz CT molecular complexity index is 1290. The summed E-state index contributed by atoms with van der Waals surface area (Å²) < 4.78 is 11.1. The standard InChI is InChI=1S/C36H47N3O4/c1-5-8-10-14-21-42-35(40)31(24-37)22-29-18-12-13-19-30(29)23-32(34-27(4)16-15-20-39-34)33(25-38)36(41)43-26-28(7-3)17-11-9-6-2/h12-13,15-16,18-20,28,31H,5-11,14,17,21-23,26H2,1-4H3/b33-32+. The van der Waals surface area contributed by atoms with Gasteiger partial charge in [-0.25, -0.2) is 4.79 Å². The largest absolute Gasteiger partial charge is 0.465 e. The number of hydrogen-bond acceptors (Lipinski definition) is 7. The molecule has 7 heteroatoms. The normalized spacial score (nSPS) is 12.8. The van der Waals surface area contributed by atoms with Crippen LogP contribution < -0.4 is 0 Å². The molecule has 0 saturated heterocycles. The minimum atomic E-state index is -0.963. The first kappa shape index (κ1) is 35.2. The predicted molar refractivity (Wildman–Crippen MR) is 168 cm³/mol. The molecule has 0 saturated carbocycles. The van der Waals surface area contributed by atoms with Gasteiger partial charge < -0.3 is 9.47 Å². The minimum absolute atomic E-state index is 0.0802. The van der Waals surface area contributed by atoms with Crippen LogP contribution in [0.3, 0.4) is 0 Å². The van der Waals surface area contributed by atoms with Gasteiger partial charge in [-0.3, -0.25) is 9.78 Å². The molecule has 2 rings (SSSR count). The van der Waals surface area contributed by atoms with Gasteiger partial charge >= 0.3 is 11.9 Å². The quantitative estimate of drug-likeness (QED) is 0.0713. The number of nitriles is 2. The van der Waals surface area contributed by atoms with Crippen LogP contribution in [0.5, 0.6) is 0 Å². The summed E-state index contributed by atoms with van der Waals surface area (Å²) in [5.74, 6) is -1.91. The van der Waals surface area contributed by atoms with Crippen LogP contribution in [0.25, 0.3) is 5.57 Å². The molecule has 230 valence electrons. The average Bonchev–Trinajstić information content (AvgIpc) is 3.02. The van der Waals surface area contributed by atoms with Crippen LogP contribution in [-0.2, 0) is 31.9 Å². The van der Waals surface area contributed by atoms with Crippen LogP contribution in [0.4, 0.5) is 0 Å². The molecule has 0 bridgehead atoms. The number of carbonyl (C=O) groups excluding carboxylic acids is 2. The lowest BCUT2D eigenvalue weighted by Gasteiger charge is -2.18. The average molecular weight is 586 g/mol. The van der Waals surface area contributed by atoms with Crippen molar-refractivity contribution in [2.45, 2.75) is 98.3 Å². The Morgan fingerprint density at radius 3 is 2.28 bits per heavy atom. The summed E-state index contributed by atoms with van der Waals surface area (Å²) in [7, 11) is 0.